The van der Waals surface area contributed by atoms with Gasteiger partial charge in [0.05, 0.1) is 5.56 Å². The van der Waals surface area contributed by atoms with Gasteiger partial charge >= 0.3 is 5.97 Å². The summed E-state index contributed by atoms with van der Waals surface area (Å²) in [7, 11) is 0. The lowest BCUT2D eigenvalue weighted by Crippen LogP contribution is -2.03. The normalized spacial score (nSPS) is 11.3. The molecular formula is C19H18ClNO2. The molecule has 0 spiro atoms. The first-order chi connectivity index (χ1) is 11.0. The molecule has 2 aromatic carbocycles. The number of carbonyl (C=O) groups is 1. The van der Waals surface area contributed by atoms with Crippen molar-refractivity contribution in [3.63, 3.8) is 0 Å². The summed E-state index contributed by atoms with van der Waals surface area (Å²) in [6, 6.07) is 13.5. The van der Waals surface area contributed by atoms with Gasteiger partial charge in [0.15, 0.2) is 0 Å². The van der Waals surface area contributed by atoms with Crippen molar-refractivity contribution in [3.05, 3.63) is 59.2 Å². The number of carboxylic acid groups (broad SMARTS) is 1. The van der Waals surface area contributed by atoms with Crippen molar-refractivity contribution in [2.45, 2.75) is 20.4 Å². The Morgan fingerprint density at radius 1 is 1.17 bits per heavy atom. The highest BCUT2D eigenvalue weighted by molar-refractivity contribution is 6.30. The Morgan fingerprint density at radius 3 is 2.57 bits per heavy atom. The number of nitrogens with zero attached hydrogens (tertiary/aromatic N) is 1. The molecule has 4 heteroatoms. The molecule has 0 saturated heterocycles. The highest BCUT2D eigenvalue weighted by atomic mass is 35.5. The molecule has 3 aromatic rings. The van der Waals surface area contributed by atoms with Crippen molar-refractivity contribution in [1.29, 1.82) is 0 Å². The van der Waals surface area contributed by atoms with Crippen LogP contribution in [0.3, 0.4) is 0 Å². The zero-order valence-electron chi connectivity index (χ0n) is 13.1. The predicted octanol–water partition coefficient (Wildman–Crippen LogP) is 5.32. The van der Waals surface area contributed by atoms with E-state index in [9.17, 15) is 9.90 Å². The van der Waals surface area contributed by atoms with E-state index in [4.69, 9.17) is 11.6 Å². The van der Waals surface area contributed by atoms with Crippen molar-refractivity contribution >= 4 is 28.5 Å². The second-order valence-corrected chi connectivity index (χ2v) is 6.57. The van der Waals surface area contributed by atoms with Crippen LogP contribution < -0.4 is 0 Å². The van der Waals surface area contributed by atoms with E-state index >= 15 is 0 Å². The van der Waals surface area contributed by atoms with Crippen LogP contribution in [0.25, 0.3) is 22.0 Å². The Balaban J connectivity index is 2.19. The van der Waals surface area contributed by atoms with Gasteiger partial charge in [-0.3, -0.25) is 0 Å². The lowest BCUT2D eigenvalue weighted by atomic mass is 10.0. The maximum absolute atomic E-state index is 11.5. The molecule has 1 aromatic heterocycles. The zero-order chi connectivity index (χ0) is 16.6. The lowest BCUT2D eigenvalue weighted by molar-refractivity contribution is 0.0698. The number of hydrogen-bond acceptors (Lipinski definition) is 1. The van der Waals surface area contributed by atoms with Crippen molar-refractivity contribution in [1.82, 2.24) is 4.57 Å². The first-order valence-electron chi connectivity index (χ1n) is 7.58. The number of benzene rings is 2. The Morgan fingerprint density at radius 2 is 1.91 bits per heavy atom. The smallest absolute Gasteiger partial charge is 0.337 e. The van der Waals surface area contributed by atoms with Crippen LogP contribution in [0.15, 0.2) is 48.7 Å². The topological polar surface area (TPSA) is 42.2 Å². The molecule has 0 aliphatic heterocycles. The average molecular weight is 328 g/mol. The first kappa shape index (κ1) is 15.6. The van der Waals surface area contributed by atoms with Gasteiger partial charge < -0.3 is 9.67 Å². The van der Waals surface area contributed by atoms with Crippen molar-refractivity contribution in [2.75, 3.05) is 0 Å². The maximum atomic E-state index is 11.5. The SMILES string of the molecule is CC(C)Cn1cc(C(=O)O)c2ccc(-c3cccc(Cl)c3)cc21. The molecule has 0 aliphatic carbocycles. The second-order valence-electron chi connectivity index (χ2n) is 6.14. The van der Waals surface area contributed by atoms with E-state index in [0.29, 0.717) is 16.5 Å². The minimum absolute atomic E-state index is 0.346. The summed E-state index contributed by atoms with van der Waals surface area (Å²) in [5.74, 6) is -0.463. The number of aromatic carboxylic acids is 1. The second kappa shape index (κ2) is 6.09. The van der Waals surface area contributed by atoms with Gasteiger partial charge in [0.25, 0.3) is 0 Å². The Kier molecular flexibility index (Phi) is 4.14. The molecule has 0 radical (unpaired) electrons. The monoisotopic (exact) mass is 327 g/mol. The number of fused-ring (bicyclic) bond motifs is 1. The molecule has 1 heterocycles. The lowest BCUT2D eigenvalue weighted by Gasteiger charge is -2.09. The first-order valence-corrected chi connectivity index (χ1v) is 7.95. The van der Waals surface area contributed by atoms with E-state index in [-0.39, 0.29) is 0 Å². The van der Waals surface area contributed by atoms with Crippen LogP contribution in [0.2, 0.25) is 5.02 Å². The van der Waals surface area contributed by atoms with Crippen LogP contribution in [0.4, 0.5) is 0 Å². The average Bonchev–Trinajstić information content (AvgIpc) is 2.85. The van der Waals surface area contributed by atoms with Crippen molar-refractivity contribution in [3.8, 4) is 11.1 Å². The number of rotatable bonds is 4. The summed E-state index contributed by atoms with van der Waals surface area (Å²) in [5, 5.41) is 10.9. The fraction of sp³-hybridized carbons (Fsp3) is 0.211. The summed E-state index contributed by atoms with van der Waals surface area (Å²) >= 11 is 6.08. The predicted molar refractivity (Wildman–Crippen MR) is 94.2 cm³/mol. The Hall–Kier alpha value is -2.26. The molecule has 0 aliphatic rings. The standard InChI is InChI=1S/C19H18ClNO2/c1-12(2)10-21-11-17(19(22)23)16-7-6-14(9-18(16)21)13-4-3-5-15(20)8-13/h3-9,11-12H,10H2,1-2H3,(H,22,23). The molecule has 0 bridgehead atoms. The number of hydrogen-bond donors (Lipinski definition) is 1. The van der Waals surface area contributed by atoms with Crippen LogP contribution >= 0.6 is 11.6 Å². The van der Waals surface area contributed by atoms with E-state index in [2.05, 4.69) is 13.8 Å². The van der Waals surface area contributed by atoms with Gasteiger partial charge in [-0.15, -0.1) is 0 Å². The van der Waals surface area contributed by atoms with Crippen LogP contribution in [0.5, 0.6) is 0 Å². The van der Waals surface area contributed by atoms with Gasteiger partial charge in [0, 0.05) is 28.7 Å². The molecule has 0 atom stereocenters. The van der Waals surface area contributed by atoms with Crippen molar-refractivity contribution < 1.29 is 9.90 Å². The molecule has 3 nitrogen and oxygen atoms in total. The molecular weight excluding hydrogens is 310 g/mol. The largest absolute Gasteiger partial charge is 0.478 e. The van der Waals surface area contributed by atoms with Gasteiger partial charge in [-0.1, -0.05) is 49.7 Å². The highest BCUT2D eigenvalue weighted by Gasteiger charge is 2.15. The number of aromatic nitrogens is 1. The van der Waals surface area contributed by atoms with Crippen LogP contribution in [0.1, 0.15) is 24.2 Å². The molecule has 0 fully saturated rings. The van der Waals surface area contributed by atoms with Gasteiger partial charge in [-0.05, 0) is 35.2 Å². The molecule has 23 heavy (non-hydrogen) atoms. The molecule has 1 N–H and O–H groups in total. The number of carboxylic acids is 1. The van der Waals surface area contributed by atoms with E-state index in [0.717, 1.165) is 28.6 Å². The molecule has 0 saturated carbocycles. The fourth-order valence-corrected chi connectivity index (χ4v) is 3.04. The fourth-order valence-electron chi connectivity index (χ4n) is 2.85. The highest BCUT2D eigenvalue weighted by Crippen LogP contribution is 2.29. The minimum Gasteiger partial charge on any atom is -0.478 e. The van der Waals surface area contributed by atoms with Gasteiger partial charge in [-0.25, -0.2) is 4.79 Å². The summed E-state index contributed by atoms with van der Waals surface area (Å²) < 4.78 is 2.03. The molecule has 0 amide bonds. The van der Waals surface area contributed by atoms with E-state index < -0.39 is 5.97 Å². The summed E-state index contributed by atoms with van der Waals surface area (Å²) in [6.07, 6.45) is 1.73. The van der Waals surface area contributed by atoms with Crippen molar-refractivity contribution in [2.24, 2.45) is 5.92 Å². The molecule has 118 valence electrons. The van der Waals surface area contributed by atoms with Crippen LogP contribution in [-0.4, -0.2) is 15.6 Å². The Bertz CT molecular complexity index is 880. The van der Waals surface area contributed by atoms with E-state index in [1.165, 1.54) is 0 Å². The third kappa shape index (κ3) is 3.10. The maximum Gasteiger partial charge on any atom is 0.337 e. The zero-order valence-corrected chi connectivity index (χ0v) is 13.8. The van der Waals surface area contributed by atoms with E-state index in [1.54, 1.807) is 6.20 Å². The van der Waals surface area contributed by atoms with Gasteiger partial charge in [0.1, 0.15) is 0 Å². The Labute approximate surface area is 140 Å². The summed E-state index contributed by atoms with van der Waals surface area (Å²) in [5.41, 5.74) is 3.33. The molecule has 3 rings (SSSR count). The van der Waals surface area contributed by atoms with Crippen LogP contribution in [-0.2, 0) is 6.54 Å². The summed E-state index contributed by atoms with van der Waals surface area (Å²) in [6.45, 7) is 5.02. The van der Waals surface area contributed by atoms with Gasteiger partial charge in [-0.2, -0.15) is 0 Å². The van der Waals surface area contributed by atoms with Crippen LogP contribution in [0, 0.1) is 5.92 Å². The quantitative estimate of drug-likeness (QED) is 0.705. The van der Waals surface area contributed by atoms with Gasteiger partial charge in [0.2, 0.25) is 0 Å². The number of halogens is 1. The van der Waals surface area contributed by atoms with E-state index in [1.807, 2.05) is 47.0 Å². The minimum atomic E-state index is -0.895. The third-order valence-corrected chi connectivity index (χ3v) is 4.07. The summed E-state index contributed by atoms with van der Waals surface area (Å²) in [4.78, 5) is 11.5. The molecule has 0 unspecified atom stereocenters. The third-order valence-electron chi connectivity index (χ3n) is 3.83.